The summed E-state index contributed by atoms with van der Waals surface area (Å²) in [6.07, 6.45) is 3.78. The van der Waals surface area contributed by atoms with Crippen LogP contribution in [0.15, 0.2) is 42.5 Å². The largest absolute Gasteiger partial charge is 0.493 e. The van der Waals surface area contributed by atoms with Gasteiger partial charge in [-0.2, -0.15) is 0 Å². The monoisotopic (exact) mass is 401 g/mol. The van der Waals surface area contributed by atoms with Crippen molar-refractivity contribution in [2.75, 3.05) is 27.3 Å². The zero-order valence-electron chi connectivity index (χ0n) is 17.0. The molecule has 0 bridgehead atoms. The molecule has 7 nitrogen and oxygen atoms in total. The van der Waals surface area contributed by atoms with Gasteiger partial charge in [-0.05, 0) is 36.1 Å². The highest BCUT2D eigenvalue weighted by atomic mass is 16.6. The van der Waals surface area contributed by atoms with E-state index in [4.69, 9.17) is 9.47 Å². The number of quaternary nitrogens is 1. The Kier molecular flexibility index (Phi) is 6.71. The Balaban J connectivity index is 1.70. The topological polar surface area (TPSA) is 98.4 Å². The number of methoxy groups -OCH3 is 2. The minimum Gasteiger partial charge on any atom is -0.493 e. The molecule has 0 spiro atoms. The summed E-state index contributed by atoms with van der Waals surface area (Å²) in [5.41, 5.74) is 1.83. The van der Waals surface area contributed by atoms with Crippen LogP contribution in [0.2, 0.25) is 0 Å². The molecule has 0 amide bonds. The lowest BCUT2D eigenvalue weighted by Gasteiger charge is -2.29. The summed E-state index contributed by atoms with van der Waals surface area (Å²) >= 11 is 0. The molecule has 3 rings (SSSR count). The van der Waals surface area contributed by atoms with E-state index in [1.54, 1.807) is 26.4 Å². The third kappa shape index (κ3) is 4.68. The first kappa shape index (κ1) is 21.1. The average molecular weight is 401 g/mol. The van der Waals surface area contributed by atoms with Crippen molar-refractivity contribution in [3.63, 3.8) is 0 Å². The van der Waals surface area contributed by atoms with Crippen molar-refractivity contribution in [3.05, 3.63) is 63.7 Å². The number of ether oxygens (including phenoxy) is 2. The van der Waals surface area contributed by atoms with Crippen molar-refractivity contribution < 1.29 is 24.8 Å². The minimum absolute atomic E-state index is 0.000795. The molecule has 0 aliphatic heterocycles. The van der Waals surface area contributed by atoms with Crippen LogP contribution >= 0.6 is 0 Å². The Morgan fingerprint density at radius 2 is 1.86 bits per heavy atom. The van der Waals surface area contributed by atoms with Gasteiger partial charge in [0, 0.05) is 17.5 Å². The predicted octanol–water partition coefficient (Wildman–Crippen LogP) is 2.72. The van der Waals surface area contributed by atoms with Crippen molar-refractivity contribution >= 4 is 5.69 Å². The van der Waals surface area contributed by atoms with E-state index in [-0.39, 0.29) is 11.1 Å². The smallest absolute Gasteiger partial charge is 0.269 e. The summed E-state index contributed by atoms with van der Waals surface area (Å²) in [5.74, 6) is 1.45. The molecule has 0 unspecified atom stereocenters. The molecular formula is C22H29N2O5+. The fourth-order valence-corrected chi connectivity index (χ4v) is 4.33. The molecule has 156 valence electrons. The van der Waals surface area contributed by atoms with E-state index in [0.717, 1.165) is 30.9 Å². The maximum absolute atomic E-state index is 11.0. The molecule has 3 N–H and O–H groups in total. The van der Waals surface area contributed by atoms with Crippen LogP contribution in [0.5, 0.6) is 11.5 Å². The van der Waals surface area contributed by atoms with Gasteiger partial charge in [-0.15, -0.1) is 0 Å². The van der Waals surface area contributed by atoms with E-state index < -0.39 is 11.0 Å². The van der Waals surface area contributed by atoms with Crippen LogP contribution < -0.4 is 14.8 Å². The van der Waals surface area contributed by atoms with Crippen LogP contribution in [0.3, 0.4) is 0 Å². The SMILES string of the molecule is COc1ccc(C2(C[NH2+]C[C@H](O)c3cccc([N+](=O)[O-])c3)CCCC2)cc1OC. The number of nitrogens with two attached hydrogens (primary N) is 1. The lowest BCUT2D eigenvalue weighted by molar-refractivity contribution is -0.669. The highest BCUT2D eigenvalue weighted by Gasteiger charge is 2.38. The maximum atomic E-state index is 11.0. The molecule has 0 radical (unpaired) electrons. The van der Waals surface area contributed by atoms with Gasteiger partial charge < -0.3 is 19.9 Å². The van der Waals surface area contributed by atoms with Gasteiger partial charge in [0.15, 0.2) is 11.5 Å². The molecule has 2 aromatic carbocycles. The van der Waals surface area contributed by atoms with Gasteiger partial charge in [-0.3, -0.25) is 10.1 Å². The van der Waals surface area contributed by atoms with Gasteiger partial charge in [-0.25, -0.2) is 0 Å². The molecule has 1 aliphatic rings. The fraction of sp³-hybridized carbons (Fsp3) is 0.455. The maximum Gasteiger partial charge on any atom is 0.269 e. The molecule has 1 fully saturated rings. The summed E-state index contributed by atoms with van der Waals surface area (Å²) in [4.78, 5) is 10.5. The Hall–Kier alpha value is -2.64. The number of benzene rings is 2. The molecule has 29 heavy (non-hydrogen) atoms. The van der Waals surface area contributed by atoms with Gasteiger partial charge in [0.25, 0.3) is 5.69 Å². The van der Waals surface area contributed by atoms with Crippen LogP contribution in [-0.2, 0) is 5.41 Å². The highest BCUT2D eigenvalue weighted by Crippen LogP contribution is 2.42. The Labute approximate surface area is 170 Å². The van der Waals surface area contributed by atoms with Gasteiger partial charge in [-0.1, -0.05) is 31.0 Å². The van der Waals surface area contributed by atoms with Crippen LogP contribution in [0, 0.1) is 10.1 Å². The standard InChI is InChI=1S/C22H28N2O5/c1-28-20-9-8-17(13-21(20)29-2)22(10-3-4-11-22)15-23-14-19(25)16-6-5-7-18(12-16)24(26)27/h5-9,12-13,19,23,25H,3-4,10-11,14-15H2,1-2H3/p+1/t19-/m0/s1. The lowest BCUT2D eigenvalue weighted by atomic mass is 9.78. The zero-order valence-corrected chi connectivity index (χ0v) is 17.0. The third-order valence-electron chi connectivity index (χ3n) is 5.95. The number of nitro benzene ring substituents is 1. The average Bonchev–Trinajstić information content (AvgIpc) is 3.23. The Morgan fingerprint density at radius 1 is 1.14 bits per heavy atom. The van der Waals surface area contributed by atoms with Crippen molar-refractivity contribution in [2.24, 2.45) is 0 Å². The van der Waals surface area contributed by atoms with Gasteiger partial charge in [0.05, 0.1) is 25.7 Å². The van der Waals surface area contributed by atoms with Gasteiger partial charge in [0.2, 0.25) is 0 Å². The van der Waals surface area contributed by atoms with E-state index in [1.165, 1.54) is 30.5 Å². The van der Waals surface area contributed by atoms with E-state index in [1.807, 2.05) is 6.07 Å². The van der Waals surface area contributed by atoms with Crippen molar-refractivity contribution in [2.45, 2.75) is 37.2 Å². The first-order chi connectivity index (χ1) is 14.0. The molecule has 7 heteroatoms. The summed E-state index contributed by atoms with van der Waals surface area (Å²) in [6, 6.07) is 12.3. The van der Waals surface area contributed by atoms with Gasteiger partial charge >= 0.3 is 0 Å². The number of aliphatic hydroxyl groups is 1. The number of hydrogen-bond donors (Lipinski definition) is 2. The minimum atomic E-state index is -0.751. The van der Waals surface area contributed by atoms with Crippen LogP contribution in [0.4, 0.5) is 5.69 Å². The van der Waals surface area contributed by atoms with E-state index >= 15 is 0 Å². The van der Waals surface area contributed by atoms with Crippen molar-refractivity contribution in [3.8, 4) is 11.5 Å². The van der Waals surface area contributed by atoms with Crippen LogP contribution in [0.25, 0.3) is 0 Å². The summed E-state index contributed by atoms with van der Waals surface area (Å²) < 4.78 is 10.8. The van der Waals surface area contributed by atoms with E-state index in [0.29, 0.717) is 12.1 Å². The summed E-state index contributed by atoms with van der Waals surface area (Å²) in [5, 5.41) is 23.6. The predicted molar refractivity (Wildman–Crippen MR) is 109 cm³/mol. The number of aliphatic hydroxyl groups excluding tert-OH is 1. The number of nitrogens with zero attached hydrogens (tertiary/aromatic N) is 1. The molecule has 0 saturated heterocycles. The molecule has 0 aromatic heterocycles. The highest BCUT2D eigenvalue weighted by molar-refractivity contribution is 5.45. The Bertz CT molecular complexity index is 849. The molecule has 0 heterocycles. The van der Waals surface area contributed by atoms with Gasteiger partial charge in [0.1, 0.15) is 12.6 Å². The fourth-order valence-electron chi connectivity index (χ4n) is 4.33. The van der Waals surface area contributed by atoms with Crippen LogP contribution in [0.1, 0.15) is 42.9 Å². The second kappa shape index (κ2) is 9.24. The van der Waals surface area contributed by atoms with Crippen LogP contribution in [-0.4, -0.2) is 37.3 Å². The summed E-state index contributed by atoms with van der Waals surface area (Å²) in [7, 11) is 3.27. The number of nitro groups is 1. The molecule has 2 aromatic rings. The lowest BCUT2D eigenvalue weighted by Crippen LogP contribution is -2.88. The molecule has 1 saturated carbocycles. The first-order valence-electron chi connectivity index (χ1n) is 9.96. The molecule has 1 aliphatic carbocycles. The van der Waals surface area contributed by atoms with Crippen molar-refractivity contribution in [1.29, 1.82) is 0 Å². The first-order valence-corrected chi connectivity index (χ1v) is 9.96. The van der Waals surface area contributed by atoms with E-state index in [2.05, 4.69) is 17.4 Å². The Morgan fingerprint density at radius 3 is 2.52 bits per heavy atom. The normalized spacial score (nSPS) is 16.4. The third-order valence-corrected chi connectivity index (χ3v) is 5.95. The number of rotatable bonds is 9. The second-order valence-corrected chi connectivity index (χ2v) is 7.65. The van der Waals surface area contributed by atoms with E-state index in [9.17, 15) is 15.2 Å². The van der Waals surface area contributed by atoms with Crippen molar-refractivity contribution in [1.82, 2.24) is 0 Å². The summed E-state index contributed by atoms with van der Waals surface area (Å²) in [6.45, 7) is 1.30. The zero-order chi connectivity index (χ0) is 20.9. The number of hydrogen-bond acceptors (Lipinski definition) is 5. The quantitative estimate of drug-likeness (QED) is 0.497. The molecule has 1 atom stereocenters. The number of non-ortho nitro benzene ring substituents is 1. The second-order valence-electron chi connectivity index (χ2n) is 7.65. The molecular weight excluding hydrogens is 372 g/mol.